The number of halogens is 4. The Morgan fingerprint density at radius 2 is 0.991 bits per heavy atom. The molecule has 113 heavy (non-hydrogen) atoms. The lowest BCUT2D eigenvalue weighted by atomic mass is 10.0. The first kappa shape index (κ1) is 89.6. The minimum Gasteiger partial charge on any atom is -0.443 e. The minimum absolute atomic E-state index is 0. The van der Waals surface area contributed by atoms with Gasteiger partial charge in [-0.2, -0.15) is 0 Å². The van der Waals surface area contributed by atoms with Gasteiger partial charge in [-0.05, 0) is 198 Å². The smallest absolute Gasteiger partial charge is 0.416 e. The number of nitrogens with one attached hydrogen (secondary N) is 2. The van der Waals surface area contributed by atoms with Crippen molar-refractivity contribution in [2.75, 3.05) is 15.1 Å². The largest absolute Gasteiger partial charge is 0.443 e. The molecule has 1 unspecified atom stereocenters. The molecule has 0 radical (unpaired) electrons. The van der Waals surface area contributed by atoms with E-state index in [9.17, 15) is 19.5 Å². The maximum atomic E-state index is 13.3. The van der Waals surface area contributed by atoms with Crippen molar-refractivity contribution in [2.24, 2.45) is 0 Å². The molecule has 2 amide bonds. The normalized spacial score (nSPS) is 12.1. The van der Waals surface area contributed by atoms with E-state index in [0.717, 1.165) is 79.1 Å². The van der Waals surface area contributed by atoms with Gasteiger partial charge in [0.05, 0.1) is 13.1 Å². The number of ether oxygens (including phenoxy) is 2. The van der Waals surface area contributed by atoms with Gasteiger partial charge in [-0.3, -0.25) is 14.6 Å². The molecule has 0 aliphatic heterocycles. The fourth-order valence-corrected chi connectivity index (χ4v) is 29.9. The molecule has 8 heterocycles. The fourth-order valence-electron chi connectivity index (χ4n) is 15.4. The average molecular weight is 1740 g/mol. The van der Waals surface area contributed by atoms with Crippen molar-refractivity contribution in [1.29, 1.82) is 0 Å². The maximum absolute atomic E-state index is 13.3. The molecule has 0 spiro atoms. The lowest BCUT2D eigenvalue weighted by molar-refractivity contribution is 0.0566. The van der Waals surface area contributed by atoms with Crippen LogP contribution in [0.5, 0.6) is 0 Å². The number of aromatic amines is 1. The number of aldehydes is 1. The van der Waals surface area contributed by atoms with Crippen molar-refractivity contribution in [3.63, 3.8) is 0 Å². The highest BCUT2D eigenvalue weighted by Crippen LogP contribution is 2.47. The van der Waals surface area contributed by atoms with Crippen molar-refractivity contribution in [3.05, 3.63) is 253 Å². The molecule has 20 nitrogen and oxygen atoms in total. The summed E-state index contributed by atoms with van der Waals surface area (Å²) in [6.45, 7) is 40.4. The van der Waals surface area contributed by atoms with Gasteiger partial charge in [0.1, 0.15) is 71.2 Å². The van der Waals surface area contributed by atoms with Gasteiger partial charge in [0.25, 0.3) is 0 Å². The van der Waals surface area contributed by atoms with Crippen LogP contribution >= 0.6 is 57.4 Å². The maximum Gasteiger partial charge on any atom is 0.416 e. The SMILES string of the molecule is C.CC(C)(C)OC(=O)N(Cc1ccc(Cl)cc1)c1ccc(C=O)cc1.CC(C)[Si](C(C)C)(C(C)C)n1cc(C(O)c2ccc(N(Cc3ccc(Cl)cc3)C(=O)OC(C)(C)C)nc2)c2cncnc21.CC(C)[Si](C(C)C)(C(C)C)n1cc(I)c2cncnc21.Clc1ccc(CNc2ccc(Cc3c[nH]c4ncncc34)cn2)cc1. The van der Waals surface area contributed by atoms with Gasteiger partial charge < -0.3 is 33.3 Å². The zero-order chi connectivity index (χ0) is 81.6. The number of carbonyl (C=O) groups excluding carboxylic acids is 3. The van der Waals surface area contributed by atoms with E-state index in [1.807, 2.05) is 121 Å². The van der Waals surface area contributed by atoms with Gasteiger partial charge in [0, 0.05) is 120 Å². The first-order valence-electron chi connectivity index (χ1n) is 37.7. The van der Waals surface area contributed by atoms with Crippen molar-refractivity contribution < 1.29 is 29.0 Å². The summed E-state index contributed by atoms with van der Waals surface area (Å²) in [4.78, 5) is 78.1. The molecule has 12 aromatic rings. The molecule has 3 N–H and O–H groups in total. The highest BCUT2D eigenvalue weighted by atomic mass is 127. The number of H-pyrrole nitrogens is 1. The Labute approximate surface area is 696 Å². The summed E-state index contributed by atoms with van der Waals surface area (Å²) in [5.41, 5.74) is 12.7. The van der Waals surface area contributed by atoms with Crippen LogP contribution in [0.2, 0.25) is 48.3 Å². The molecular weight excluding hydrogens is 1630 g/mol. The Kier molecular flexibility index (Phi) is 31.2. The first-order valence-corrected chi connectivity index (χ1v) is 44.3. The Bertz CT molecular complexity index is 5030. The number of hydrogen-bond donors (Lipinski definition) is 3. The summed E-state index contributed by atoms with van der Waals surface area (Å²) >= 11 is 20.3. The van der Waals surface area contributed by atoms with Crippen LogP contribution in [-0.2, 0) is 35.5 Å². The van der Waals surface area contributed by atoms with E-state index in [4.69, 9.17) is 49.3 Å². The van der Waals surface area contributed by atoms with Crippen LogP contribution < -0.4 is 15.1 Å². The van der Waals surface area contributed by atoms with E-state index in [1.54, 1.807) is 92.0 Å². The second kappa shape index (κ2) is 39.4. The first-order chi connectivity index (χ1) is 53.0. The number of carbonyl (C=O) groups is 3. The van der Waals surface area contributed by atoms with E-state index in [1.165, 1.54) is 24.3 Å². The molecule has 26 heteroatoms. The van der Waals surface area contributed by atoms with Crippen LogP contribution in [0.4, 0.5) is 26.9 Å². The van der Waals surface area contributed by atoms with Gasteiger partial charge >= 0.3 is 12.2 Å². The van der Waals surface area contributed by atoms with Crippen LogP contribution in [0.1, 0.15) is 187 Å². The van der Waals surface area contributed by atoms with Gasteiger partial charge in [0.2, 0.25) is 0 Å². The van der Waals surface area contributed by atoms with Crippen LogP contribution in [0.15, 0.2) is 190 Å². The number of amides is 2. The highest BCUT2D eigenvalue weighted by Gasteiger charge is 2.48. The third-order valence-electron chi connectivity index (χ3n) is 20.1. The van der Waals surface area contributed by atoms with Gasteiger partial charge in [-0.25, -0.2) is 49.5 Å². The van der Waals surface area contributed by atoms with Crippen LogP contribution in [0.3, 0.4) is 0 Å². The zero-order valence-electron chi connectivity index (χ0n) is 67.2. The predicted molar refractivity (Wildman–Crippen MR) is 475 cm³/mol. The number of hydrogen-bond acceptors (Lipinski definition) is 15. The van der Waals surface area contributed by atoms with Crippen molar-refractivity contribution in [1.82, 2.24) is 53.3 Å². The summed E-state index contributed by atoms with van der Waals surface area (Å²) in [7, 11) is -3.88. The lowest BCUT2D eigenvalue weighted by Gasteiger charge is -2.44. The van der Waals surface area contributed by atoms with E-state index in [0.29, 0.717) is 79.0 Å². The summed E-state index contributed by atoms with van der Waals surface area (Å²) in [6.07, 6.45) is 19.9. The van der Waals surface area contributed by atoms with Gasteiger partial charge in [-0.1, -0.05) is 174 Å². The van der Waals surface area contributed by atoms with Crippen LogP contribution in [-0.4, -0.2) is 105 Å². The second-order valence-corrected chi connectivity index (χ2v) is 45.7. The van der Waals surface area contributed by atoms with Crippen molar-refractivity contribution in [2.45, 2.75) is 209 Å². The average Bonchev–Trinajstić information content (AvgIpc) is 1.60. The van der Waals surface area contributed by atoms with E-state index in [2.05, 4.69) is 178 Å². The molecular formula is C87H108Cl3IN14O6Si2. The Hall–Kier alpha value is -8.96. The third-order valence-corrected chi connectivity index (χ3v) is 35.1. The number of aliphatic hydroxyl groups is 1. The Morgan fingerprint density at radius 3 is 1.46 bits per heavy atom. The predicted octanol–water partition coefficient (Wildman–Crippen LogP) is 23.5. The monoisotopic (exact) mass is 1730 g/mol. The Morgan fingerprint density at radius 1 is 0.540 bits per heavy atom. The molecule has 8 aromatic heterocycles. The molecule has 1 atom stereocenters. The lowest BCUT2D eigenvalue weighted by Crippen LogP contribution is -2.51. The van der Waals surface area contributed by atoms with Crippen molar-refractivity contribution in [3.8, 4) is 0 Å². The molecule has 12 rings (SSSR count). The fraction of sp³-hybridized carbons (Fsp3) is 0.368. The topological polar surface area (TPSA) is 237 Å². The number of aromatic nitrogens is 11. The molecule has 0 bridgehead atoms. The number of aliphatic hydroxyl groups excluding tert-OH is 1. The second-order valence-electron chi connectivity index (χ2n) is 31.8. The Balaban J connectivity index is 0.000000198. The van der Waals surface area contributed by atoms with Crippen LogP contribution in [0, 0.1) is 3.57 Å². The van der Waals surface area contributed by atoms with E-state index in [-0.39, 0.29) is 14.0 Å². The summed E-state index contributed by atoms with van der Waals surface area (Å²) in [5, 5.41) is 20.1. The van der Waals surface area contributed by atoms with Gasteiger partial charge in [-0.15, -0.1) is 0 Å². The van der Waals surface area contributed by atoms with Crippen molar-refractivity contribution >= 4 is 143 Å². The molecule has 0 aliphatic rings. The summed E-state index contributed by atoms with van der Waals surface area (Å²) in [6, 6.07) is 36.8. The summed E-state index contributed by atoms with van der Waals surface area (Å²) < 4.78 is 17.4. The molecule has 0 fully saturated rings. The zero-order valence-corrected chi connectivity index (χ0v) is 73.6. The number of pyridine rings is 2. The number of anilines is 3. The van der Waals surface area contributed by atoms with Gasteiger partial charge in [0.15, 0.2) is 16.5 Å². The standard InChI is InChI=1S/C33H44ClN5O3Si.C19H16ClN5.C19H20ClNO3.C15H24IN3Si.CH4/c1-21(2)43(22(3)4,23(5)6)39-19-28(27-17-35-20-37-31(27)39)30(40)25-12-15-29(36-16-25)38(32(41)42-33(7,8)9)18-24-10-13-26(34)14-11-24;20-16-4-1-13(2-5-16)8-22-18-6-3-14(9-23-18)7-15-10-24-19-17(15)11-21-12-25-19;1-19(2,3)24-18(23)21(12-14-4-8-16(20)9-5-14)17-10-6-15(13-22)7-11-17;1-10(2)20(11(3)4,12(5)6)19-8-14(16)13-7-17-9-18-15(13)19;/h10-17,19-23,30,40H,18H2,1-9H3;1-6,9-12H,7-8H2,(H,22,23)(H,21,24,25);4-11,13H,12H2,1-3H3;7-12H,1-6H3;1H4. The van der Waals surface area contributed by atoms with Crippen LogP contribution in [0.25, 0.3) is 33.1 Å². The number of nitrogens with zero attached hydrogens (tertiary/aromatic N) is 12. The quantitative estimate of drug-likeness (QED) is 0.0325. The number of fused-ring (bicyclic) bond motifs is 3. The summed E-state index contributed by atoms with van der Waals surface area (Å²) in [5.74, 6) is 1.26. The molecule has 0 saturated carbocycles. The molecule has 4 aromatic carbocycles. The molecule has 598 valence electrons. The van der Waals surface area contributed by atoms with E-state index >= 15 is 0 Å². The van der Waals surface area contributed by atoms with E-state index < -0.39 is 46.0 Å². The molecule has 0 aliphatic carbocycles. The highest BCUT2D eigenvalue weighted by molar-refractivity contribution is 14.1. The molecule has 0 saturated heterocycles. The number of benzene rings is 4. The minimum atomic E-state index is -2.16. The number of rotatable bonds is 22. The third kappa shape index (κ3) is 22.1.